The molecule has 2 heterocycles. The van der Waals surface area contributed by atoms with Gasteiger partial charge in [0.15, 0.2) is 0 Å². The van der Waals surface area contributed by atoms with Crippen LogP contribution in [0.25, 0.3) is 11.1 Å². The first kappa shape index (κ1) is 18.3. The van der Waals surface area contributed by atoms with Crippen molar-refractivity contribution in [1.82, 2.24) is 20.1 Å². The first-order valence-corrected chi connectivity index (χ1v) is 9.75. The maximum absolute atomic E-state index is 12.9. The van der Waals surface area contributed by atoms with Gasteiger partial charge in [-0.2, -0.15) is 0 Å². The van der Waals surface area contributed by atoms with Crippen LogP contribution in [-0.4, -0.2) is 39.1 Å². The summed E-state index contributed by atoms with van der Waals surface area (Å²) in [5, 5.41) is 8.24. The number of nitrogens with zero attached hydrogens (tertiary/aromatic N) is 4. The smallest absolute Gasteiger partial charge is 0.253 e. The van der Waals surface area contributed by atoms with Crippen molar-refractivity contribution in [2.45, 2.75) is 44.6 Å². The van der Waals surface area contributed by atoms with Gasteiger partial charge in [-0.05, 0) is 54.7 Å². The molecule has 1 aliphatic rings. The molecule has 1 saturated carbocycles. The first-order valence-electron chi connectivity index (χ1n) is 9.75. The number of pyridine rings is 1. The van der Waals surface area contributed by atoms with Crippen LogP contribution in [-0.2, 0) is 6.42 Å². The normalized spacial score (nSPS) is 18.9. The molecule has 1 fully saturated rings. The Morgan fingerprint density at radius 3 is 2.46 bits per heavy atom. The summed E-state index contributed by atoms with van der Waals surface area (Å²) < 4.78 is 5.72. The molecule has 0 aliphatic heterocycles. The Morgan fingerprint density at radius 1 is 1.07 bits per heavy atom. The fourth-order valence-electron chi connectivity index (χ4n) is 3.83. The van der Waals surface area contributed by atoms with E-state index in [2.05, 4.69) is 15.2 Å². The molecule has 0 saturated heterocycles. The van der Waals surface area contributed by atoms with Gasteiger partial charge in [0, 0.05) is 43.4 Å². The van der Waals surface area contributed by atoms with Crippen molar-refractivity contribution in [2.24, 2.45) is 0 Å². The quantitative estimate of drug-likeness (QED) is 0.670. The molecule has 1 aromatic carbocycles. The van der Waals surface area contributed by atoms with E-state index in [1.807, 2.05) is 55.3 Å². The monoisotopic (exact) mass is 376 g/mol. The summed E-state index contributed by atoms with van der Waals surface area (Å²) in [5.74, 6) is 1.67. The number of hydrogen-bond acceptors (Lipinski definition) is 5. The molecular formula is C22H24N4O2. The maximum Gasteiger partial charge on any atom is 0.253 e. The first-order chi connectivity index (χ1) is 13.7. The zero-order valence-electron chi connectivity index (χ0n) is 16.2. The SMILES string of the molecule is CCc1nnc([C@H]2CC[C@@H](N(C)C(=O)c3ccc(-c4ccncc4)cc3)C2)o1. The summed E-state index contributed by atoms with van der Waals surface area (Å²) in [7, 11) is 1.89. The Bertz CT molecular complexity index is 937. The van der Waals surface area contributed by atoms with E-state index in [-0.39, 0.29) is 17.9 Å². The van der Waals surface area contributed by atoms with Crippen LogP contribution in [0, 0.1) is 0 Å². The van der Waals surface area contributed by atoms with Crippen molar-refractivity contribution in [3.05, 3.63) is 66.1 Å². The van der Waals surface area contributed by atoms with Crippen molar-refractivity contribution in [1.29, 1.82) is 0 Å². The van der Waals surface area contributed by atoms with E-state index in [0.717, 1.165) is 36.8 Å². The molecule has 1 amide bonds. The third kappa shape index (κ3) is 3.67. The number of rotatable bonds is 5. The van der Waals surface area contributed by atoms with Gasteiger partial charge in [0.05, 0.1) is 0 Å². The highest BCUT2D eigenvalue weighted by Crippen LogP contribution is 2.36. The molecule has 1 aliphatic carbocycles. The number of carbonyl (C=O) groups is 1. The Hall–Kier alpha value is -3.02. The molecule has 4 rings (SSSR count). The second-order valence-electron chi connectivity index (χ2n) is 7.28. The zero-order valence-corrected chi connectivity index (χ0v) is 16.2. The predicted octanol–water partition coefficient (Wildman–Crippen LogP) is 4.10. The molecule has 28 heavy (non-hydrogen) atoms. The minimum atomic E-state index is 0.0479. The largest absolute Gasteiger partial charge is 0.425 e. The number of hydrogen-bond donors (Lipinski definition) is 0. The molecule has 0 spiro atoms. The van der Waals surface area contributed by atoms with E-state index >= 15 is 0 Å². The van der Waals surface area contributed by atoms with Crippen LogP contribution in [0.5, 0.6) is 0 Å². The Morgan fingerprint density at radius 2 is 1.79 bits per heavy atom. The van der Waals surface area contributed by atoms with E-state index in [0.29, 0.717) is 17.3 Å². The van der Waals surface area contributed by atoms with Crippen molar-refractivity contribution in [3.8, 4) is 11.1 Å². The number of amides is 1. The van der Waals surface area contributed by atoms with Crippen LogP contribution in [0.3, 0.4) is 0 Å². The Balaban J connectivity index is 1.42. The number of aryl methyl sites for hydroxylation is 1. The molecule has 2 atom stereocenters. The van der Waals surface area contributed by atoms with Gasteiger partial charge in [0.2, 0.25) is 11.8 Å². The average Bonchev–Trinajstić information content (AvgIpc) is 3.43. The molecule has 0 unspecified atom stereocenters. The summed E-state index contributed by atoms with van der Waals surface area (Å²) in [6.07, 6.45) is 7.07. The van der Waals surface area contributed by atoms with Crippen molar-refractivity contribution < 1.29 is 9.21 Å². The summed E-state index contributed by atoms with van der Waals surface area (Å²) in [6.45, 7) is 2.00. The lowest BCUT2D eigenvalue weighted by atomic mass is 10.0. The third-order valence-corrected chi connectivity index (χ3v) is 5.55. The lowest BCUT2D eigenvalue weighted by Crippen LogP contribution is -2.35. The van der Waals surface area contributed by atoms with Gasteiger partial charge < -0.3 is 9.32 Å². The molecular weight excluding hydrogens is 352 g/mol. The summed E-state index contributed by atoms with van der Waals surface area (Å²) in [4.78, 5) is 18.8. The molecule has 0 bridgehead atoms. The topological polar surface area (TPSA) is 72.1 Å². The second kappa shape index (κ2) is 7.92. The minimum Gasteiger partial charge on any atom is -0.425 e. The summed E-state index contributed by atoms with van der Waals surface area (Å²) in [5.41, 5.74) is 2.87. The minimum absolute atomic E-state index is 0.0479. The second-order valence-corrected chi connectivity index (χ2v) is 7.28. The molecule has 3 aromatic rings. The van der Waals surface area contributed by atoms with E-state index < -0.39 is 0 Å². The van der Waals surface area contributed by atoms with Crippen LogP contribution in [0.1, 0.15) is 54.2 Å². The lowest BCUT2D eigenvalue weighted by molar-refractivity contribution is 0.0733. The van der Waals surface area contributed by atoms with Gasteiger partial charge in [-0.1, -0.05) is 19.1 Å². The van der Waals surface area contributed by atoms with Crippen LogP contribution in [0.4, 0.5) is 0 Å². The van der Waals surface area contributed by atoms with Gasteiger partial charge in [-0.3, -0.25) is 9.78 Å². The fourth-order valence-corrected chi connectivity index (χ4v) is 3.83. The van der Waals surface area contributed by atoms with Crippen molar-refractivity contribution in [3.63, 3.8) is 0 Å². The molecule has 0 N–H and O–H groups in total. The van der Waals surface area contributed by atoms with Crippen molar-refractivity contribution >= 4 is 5.91 Å². The van der Waals surface area contributed by atoms with Crippen LogP contribution >= 0.6 is 0 Å². The van der Waals surface area contributed by atoms with Crippen LogP contribution < -0.4 is 0 Å². The van der Waals surface area contributed by atoms with E-state index in [1.54, 1.807) is 12.4 Å². The molecule has 6 nitrogen and oxygen atoms in total. The fraction of sp³-hybridized carbons (Fsp3) is 0.364. The standard InChI is InChI=1S/C22H24N4O2/c1-3-20-24-25-21(28-20)18-8-9-19(14-18)26(2)22(27)17-6-4-15(5-7-17)16-10-12-23-13-11-16/h4-7,10-13,18-19H,3,8-9,14H2,1-2H3/t18-,19+/m0/s1. The molecule has 6 heteroatoms. The van der Waals surface area contributed by atoms with Gasteiger partial charge in [0.25, 0.3) is 5.91 Å². The molecule has 144 valence electrons. The third-order valence-electron chi connectivity index (χ3n) is 5.55. The Labute approximate surface area is 164 Å². The highest BCUT2D eigenvalue weighted by molar-refractivity contribution is 5.94. The lowest BCUT2D eigenvalue weighted by Gasteiger charge is -2.24. The van der Waals surface area contributed by atoms with Gasteiger partial charge in [0.1, 0.15) is 0 Å². The van der Waals surface area contributed by atoms with Crippen molar-refractivity contribution in [2.75, 3.05) is 7.05 Å². The predicted molar refractivity (Wildman–Crippen MR) is 106 cm³/mol. The van der Waals surface area contributed by atoms with Crippen LogP contribution in [0.15, 0.2) is 53.2 Å². The van der Waals surface area contributed by atoms with E-state index in [4.69, 9.17) is 4.42 Å². The molecule has 2 aromatic heterocycles. The van der Waals surface area contributed by atoms with Gasteiger partial charge in [-0.15, -0.1) is 10.2 Å². The number of carbonyl (C=O) groups excluding carboxylic acids is 1. The van der Waals surface area contributed by atoms with Gasteiger partial charge in [-0.25, -0.2) is 0 Å². The van der Waals surface area contributed by atoms with E-state index in [9.17, 15) is 4.79 Å². The highest BCUT2D eigenvalue weighted by atomic mass is 16.4. The number of benzene rings is 1. The zero-order chi connectivity index (χ0) is 19.5. The Kier molecular flexibility index (Phi) is 5.19. The average molecular weight is 376 g/mol. The van der Waals surface area contributed by atoms with Crippen LogP contribution in [0.2, 0.25) is 0 Å². The molecule has 0 radical (unpaired) electrons. The van der Waals surface area contributed by atoms with Gasteiger partial charge >= 0.3 is 0 Å². The summed E-state index contributed by atoms with van der Waals surface area (Å²) >= 11 is 0. The maximum atomic E-state index is 12.9. The highest BCUT2D eigenvalue weighted by Gasteiger charge is 2.33. The number of aromatic nitrogens is 3. The van der Waals surface area contributed by atoms with E-state index in [1.165, 1.54) is 0 Å². The summed E-state index contributed by atoms with van der Waals surface area (Å²) in [6, 6.07) is 11.9.